The molecule has 0 fully saturated rings. The maximum atomic E-state index is 13.3. The second-order valence-electron chi connectivity index (χ2n) is 6.11. The first-order valence-electron chi connectivity index (χ1n) is 8.32. The number of aromatic nitrogens is 2. The predicted octanol–water partition coefficient (Wildman–Crippen LogP) is 4.05. The van der Waals surface area contributed by atoms with Crippen LogP contribution in [-0.2, 0) is 6.54 Å². The quantitative estimate of drug-likeness (QED) is 0.713. The molecule has 0 spiro atoms. The van der Waals surface area contributed by atoms with E-state index in [0.29, 0.717) is 23.9 Å². The highest BCUT2D eigenvalue weighted by Crippen LogP contribution is 2.18. The zero-order valence-electron chi connectivity index (χ0n) is 14.9. The van der Waals surface area contributed by atoms with Crippen LogP contribution in [0, 0.1) is 25.5 Å². The lowest BCUT2D eigenvalue weighted by molar-refractivity contribution is 0.0945. The molecule has 0 aliphatic rings. The van der Waals surface area contributed by atoms with Gasteiger partial charge in [0.25, 0.3) is 5.91 Å². The molecule has 2 aromatic carbocycles. The summed E-state index contributed by atoms with van der Waals surface area (Å²) in [4.78, 5) is 20.7. The topological polar surface area (TPSA) is 66.9 Å². The number of hydrogen-bond donors (Lipinski definition) is 2. The third-order valence-corrected chi connectivity index (χ3v) is 3.84. The first-order valence-corrected chi connectivity index (χ1v) is 8.32. The molecule has 0 bridgehead atoms. The molecule has 5 nitrogen and oxygen atoms in total. The van der Waals surface area contributed by atoms with Gasteiger partial charge in [-0.3, -0.25) is 4.79 Å². The number of carbonyl (C=O) groups is 1. The van der Waals surface area contributed by atoms with Crippen molar-refractivity contribution in [2.45, 2.75) is 20.4 Å². The lowest BCUT2D eigenvalue weighted by Crippen LogP contribution is -2.24. The Morgan fingerprint density at radius 2 is 1.70 bits per heavy atom. The van der Waals surface area contributed by atoms with Gasteiger partial charge in [0.15, 0.2) is 11.6 Å². The Hall–Kier alpha value is -3.35. The second kappa shape index (κ2) is 7.90. The van der Waals surface area contributed by atoms with Crippen molar-refractivity contribution in [2.24, 2.45) is 0 Å². The summed E-state index contributed by atoms with van der Waals surface area (Å²) in [6, 6.07) is 12.7. The maximum Gasteiger partial charge on any atom is 0.270 e. The molecule has 0 aliphatic heterocycles. The molecule has 1 aromatic heterocycles. The van der Waals surface area contributed by atoms with Gasteiger partial charge in [-0.1, -0.05) is 29.8 Å². The minimum Gasteiger partial charge on any atom is -0.347 e. The van der Waals surface area contributed by atoms with Crippen LogP contribution in [0.3, 0.4) is 0 Å². The van der Waals surface area contributed by atoms with Gasteiger partial charge in [0.05, 0.1) is 0 Å². The number of carbonyl (C=O) groups excluding carboxylic acids is 1. The summed E-state index contributed by atoms with van der Waals surface area (Å²) in [5.74, 6) is -1.57. The minimum atomic E-state index is -0.971. The van der Waals surface area contributed by atoms with Crippen LogP contribution in [0.15, 0.2) is 48.5 Å². The SMILES string of the molecule is Cc1ccc(CNC(=O)c2cc(Nc3ccc(F)c(F)c3)nc(C)n2)cc1. The van der Waals surface area contributed by atoms with Crippen molar-refractivity contribution >= 4 is 17.4 Å². The van der Waals surface area contributed by atoms with E-state index in [0.717, 1.165) is 23.3 Å². The van der Waals surface area contributed by atoms with Gasteiger partial charge in [-0.15, -0.1) is 0 Å². The van der Waals surface area contributed by atoms with E-state index in [2.05, 4.69) is 20.6 Å². The third kappa shape index (κ3) is 4.84. The highest BCUT2D eigenvalue weighted by Gasteiger charge is 2.11. The Morgan fingerprint density at radius 3 is 2.41 bits per heavy atom. The Kier molecular flexibility index (Phi) is 5.40. The van der Waals surface area contributed by atoms with Crippen LogP contribution in [0.2, 0.25) is 0 Å². The van der Waals surface area contributed by atoms with Crippen molar-refractivity contribution in [2.75, 3.05) is 5.32 Å². The predicted molar refractivity (Wildman–Crippen MR) is 98.8 cm³/mol. The Balaban J connectivity index is 1.72. The fourth-order valence-corrected chi connectivity index (χ4v) is 2.45. The first-order chi connectivity index (χ1) is 12.9. The molecule has 1 amide bonds. The van der Waals surface area contributed by atoms with Gasteiger partial charge in [-0.05, 0) is 31.5 Å². The second-order valence-corrected chi connectivity index (χ2v) is 6.11. The van der Waals surface area contributed by atoms with E-state index < -0.39 is 11.6 Å². The van der Waals surface area contributed by atoms with E-state index in [1.54, 1.807) is 6.92 Å². The number of nitrogens with zero attached hydrogens (tertiary/aromatic N) is 2. The van der Waals surface area contributed by atoms with Crippen LogP contribution in [0.1, 0.15) is 27.4 Å². The molecule has 0 radical (unpaired) electrons. The Bertz CT molecular complexity index is 974. The number of hydrogen-bond acceptors (Lipinski definition) is 4. The van der Waals surface area contributed by atoms with Crippen molar-refractivity contribution in [1.29, 1.82) is 0 Å². The van der Waals surface area contributed by atoms with Crippen LogP contribution in [0.25, 0.3) is 0 Å². The monoisotopic (exact) mass is 368 g/mol. The molecule has 0 saturated heterocycles. The van der Waals surface area contributed by atoms with Crippen LogP contribution < -0.4 is 10.6 Å². The van der Waals surface area contributed by atoms with Crippen molar-refractivity contribution in [3.63, 3.8) is 0 Å². The minimum absolute atomic E-state index is 0.180. The van der Waals surface area contributed by atoms with Crippen LogP contribution in [0.4, 0.5) is 20.3 Å². The molecule has 0 aliphatic carbocycles. The summed E-state index contributed by atoms with van der Waals surface area (Å²) >= 11 is 0. The van der Waals surface area contributed by atoms with Gasteiger partial charge in [0.1, 0.15) is 17.3 Å². The number of amides is 1. The number of aryl methyl sites for hydroxylation is 2. The van der Waals surface area contributed by atoms with Crippen LogP contribution in [0.5, 0.6) is 0 Å². The van der Waals surface area contributed by atoms with E-state index in [1.807, 2.05) is 31.2 Å². The van der Waals surface area contributed by atoms with E-state index >= 15 is 0 Å². The summed E-state index contributed by atoms with van der Waals surface area (Å²) < 4.78 is 26.4. The molecule has 27 heavy (non-hydrogen) atoms. The smallest absolute Gasteiger partial charge is 0.270 e. The fraction of sp³-hybridized carbons (Fsp3) is 0.150. The average Bonchev–Trinajstić information content (AvgIpc) is 2.63. The molecule has 0 atom stereocenters. The van der Waals surface area contributed by atoms with Crippen LogP contribution >= 0.6 is 0 Å². The molecule has 0 unspecified atom stereocenters. The van der Waals surface area contributed by atoms with E-state index in [4.69, 9.17) is 0 Å². The fourth-order valence-electron chi connectivity index (χ4n) is 2.45. The Labute approximate surface area is 155 Å². The first kappa shape index (κ1) is 18.4. The standard InChI is InChI=1S/C20H18F2N4O/c1-12-3-5-14(6-4-12)11-23-20(27)18-10-19(25-13(2)24-18)26-15-7-8-16(21)17(22)9-15/h3-10H,11H2,1-2H3,(H,23,27)(H,24,25,26). The van der Waals surface area contributed by atoms with Crippen molar-refractivity contribution in [3.05, 3.63) is 82.8 Å². The molecule has 138 valence electrons. The van der Waals surface area contributed by atoms with Crippen LogP contribution in [-0.4, -0.2) is 15.9 Å². The number of nitrogens with one attached hydrogen (secondary N) is 2. The summed E-state index contributed by atoms with van der Waals surface area (Å²) in [5.41, 5.74) is 2.61. The zero-order valence-corrected chi connectivity index (χ0v) is 14.9. The number of anilines is 2. The van der Waals surface area contributed by atoms with E-state index in [1.165, 1.54) is 12.1 Å². The van der Waals surface area contributed by atoms with Gasteiger partial charge in [-0.2, -0.15) is 0 Å². The lowest BCUT2D eigenvalue weighted by atomic mass is 10.1. The van der Waals surface area contributed by atoms with Crippen molar-refractivity contribution < 1.29 is 13.6 Å². The van der Waals surface area contributed by atoms with Gasteiger partial charge in [-0.25, -0.2) is 18.7 Å². The molecule has 7 heteroatoms. The maximum absolute atomic E-state index is 13.3. The third-order valence-electron chi connectivity index (χ3n) is 3.84. The van der Waals surface area contributed by atoms with Gasteiger partial charge >= 0.3 is 0 Å². The molecular weight excluding hydrogens is 350 g/mol. The van der Waals surface area contributed by atoms with E-state index in [9.17, 15) is 13.6 Å². The van der Waals surface area contributed by atoms with Crippen molar-refractivity contribution in [1.82, 2.24) is 15.3 Å². The average molecular weight is 368 g/mol. The number of benzene rings is 2. The molecule has 1 heterocycles. The summed E-state index contributed by atoms with van der Waals surface area (Å²) in [7, 11) is 0. The Morgan fingerprint density at radius 1 is 0.963 bits per heavy atom. The normalized spacial score (nSPS) is 10.5. The molecule has 3 rings (SSSR count). The number of rotatable bonds is 5. The molecule has 2 N–H and O–H groups in total. The van der Waals surface area contributed by atoms with Gasteiger partial charge in [0, 0.05) is 24.4 Å². The summed E-state index contributed by atoms with van der Waals surface area (Å²) in [6.07, 6.45) is 0. The highest BCUT2D eigenvalue weighted by molar-refractivity contribution is 5.93. The largest absolute Gasteiger partial charge is 0.347 e. The zero-order chi connectivity index (χ0) is 19.4. The molecule has 0 saturated carbocycles. The molecular formula is C20H18F2N4O. The molecule has 3 aromatic rings. The van der Waals surface area contributed by atoms with Gasteiger partial charge < -0.3 is 10.6 Å². The lowest BCUT2D eigenvalue weighted by Gasteiger charge is -2.10. The highest BCUT2D eigenvalue weighted by atomic mass is 19.2. The van der Waals surface area contributed by atoms with Gasteiger partial charge in [0.2, 0.25) is 0 Å². The van der Waals surface area contributed by atoms with Crippen molar-refractivity contribution in [3.8, 4) is 0 Å². The van der Waals surface area contributed by atoms with E-state index in [-0.39, 0.29) is 11.6 Å². The summed E-state index contributed by atoms with van der Waals surface area (Å²) in [5, 5.41) is 5.65. The number of halogens is 2. The summed E-state index contributed by atoms with van der Waals surface area (Å²) in [6.45, 7) is 4.01.